The average molecular weight is 362 g/mol. The van der Waals surface area contributed by atoms with Gasteiger partial charge in [-0.15, -0.1) is 5.10 Å². The van der Waals surface area contributed by atoms with Crippen LogP contribution in [0, 0.1) is 0 Å². The van der Waals surface area contributed by atoms with Crippen LogP contribution >= 0.6 is 0 Å². The number of anilines is 1. The fraction of sp³-hybridized carbons (Fsp3) is 0.125. The number of benzene rings is 2. The van der Waals surface area contributed by atoms with E-state index in [0.29, 0.717) is 17.1 Å². The molecule has 9 heteroatoms. The molecule has 8 nitrogen and oxygen atoms in total. The van der Waals surface area contributed by atoms with Crippen molar-refractivity contribution in [1.82, 2.24) is 0 Å². The van der Waals surface area contributed by atoms with Crippen molar-refractivity contribution in [3.8, 4) is 5.75 Å². The third-order valence-corrected chi connectivity index (χ3v) is 4.67. The zero-order chi connectivity index (χ0) is 18.4. The van der Waals surface area contributed by atoms with Crippen LogP contribution in [0.25, 0.3) is 0 Å². The SMILES string of the molecule is COc1ccc(NS(=O)(=O)c2ccc(/C(C)=N\[NH+]=C(N)N)cc2)cc1. The molecule has 0 atom stereocenters. The van der Waals surface area contributed by atoms with E-state index in [4.69, 9.17) is 16.2 Å². The second kappa shape index (κ2) is 7.67. The van der Waals surface area contributed by atoms with Crippen LogP contribution in [0.3, 0.4) is 0 Å². The van der Waals surface area contributed by atoms with Gasteiger partial charge in [-0.1, -0.05) is 12.1 Å². The summed E-state index contributed by atoms with van der Waals surface area (Å²) in [5.41, 5.74) is 12.3. The summed E-state index contributed by atoms with van der Waals surface area (Å²) in [4.78, 5) is 0.137. The Morgan fingerprint density at radius 2 is 1.68 bits per heavy atom. The molecule has 132 valence electrons. The van der Waals surface area contributed by atoms with Gasteiger partial charge in [0.2, 0.25) is 0 Å². The maximum atomic E-state index is 12.4. The van der Waals surface area contributed by atoms with E-state index in [1.165, 1.54) is 12.1 Å². The number of guanidine groups is 1. The monoisotopic (exact) mass is 362 g/mol. The molecule has 0 aliphatic heterocycles. The molecule has 2 aromatic rings. The maximum absolute atomic E-state index is 12.4. The first kappa shape index (κ1) is 18.3. The van der Waals surface area contributed by atoms with Crippen LogP contribution in [-0.4, -0.2) is 27.2 Å². The first-order valence-corrected chi connectivity index (χ1v) is 8.75. The number of rotatable bonds is 6. The molecular formula is C16H20N5O3S+. The summed E-state index contributed by atoms with van der Waals surface area (Å²) in [6, 6.07) is 12.9. The largest absolute Gasteiger partial charge is 0.497 e. The third kappa shape index (κ3) is 4.95. The lowest BCUT2D eigenvalue weighted by atomic mass is 10.1. The molecule has 0 saturated heterocycles. The van der Waals surface area contributed by atoms with E-state index < -0.39 is 10.0 Å². The molecular weight excluding hydrogens is 342 g/mol. The summed E-state index contributed by atoms with van der Waals surface area (Å²) in [7, 11) is -2.15. The number of hydrazone groups is 1. The second-order valence-electron chi connectivity index (χ2n) is 5.12. The molecule has 0 saturated carbocycles. The number of hydrogen-bond donors (Lipinski definition) is 4. The van der Waals surface area contributed by atoms with Crippen LogP contribution in [0.15, 0.2) is 58.5 Å². The Bertz CT molecular complexity index is 884. The lowest BCUT2D eigenvalue weighted by molar-refractivity contribution is -0.464. The molecule has 0 radical (unpaired) electrons. The van der Waals surface area contributed by atoms with Gasteiger partial charge in [-0.3, -0.25) is 16.2 Å². The summed E-state index contributed by atoms with van der Waals surface area (Å²) in [5.74, 6) is 0.619. The molecule has 0 bridgehead atoms. The first-order valence-electron chi connectivity index (χ1n) is 7.27. The number of nitrogens with one attached hydrogen (secondary N) is 2. The molecule has 6 N–H and O–H groups in total. The van der Waals surface area contributed by atoms with Crippen LogP contribution < -0.4 is 26.0 Å². The zero-order valence-corrected chi connectivity index (χ0v) is 14.7. The van der Waals surface area contributed by atoms with Gasteiger partial charge in [-0.2, -0.15) is 5.10 Å². The molecule has 2 aromatic carbocycles. The van der Waals surface area contributed by atoms with E-state index in [0.717, 1.165) is 5.56 Å². The highest BCUT2D eigenvalue weighted by Crippen LogP contribution is 2.19. The fourth-order valence-corrected chi connectivity index (χ4v) is 3.02. The second-order valence-corrected chi connectivity index (χ2v) is 6.81. The number of ether oxygens (including phenoxy) is 1. The summed E-state index contributed by atoms with van der Waals surface area (Å²) >= 11 is 0. The molecule has 0 aliphatic carbocycles. The van der Waals surface area contributed by atoms with Crippen LogP contribution in [0.5, 0.6) is 5.75 Å². The molecule has 0 fully saturated rings. The predicted molar refractivity (Wildman–Crippen MR) is 96.8 cm³/mol. The Morgan fingerprint density at radius 1 is 1.08 bits per heavy atom. The van der Waals surface area contributed by atoms with Gasteiger partial charge in [0.1, 0.15) is 5.75 Å². The molecule has 0 amide bonds. The van der Waals surface area contributed by atoms with Crippen molar-refractivity contribution in [1.29, 1.82) is 0 Å². The molecule has 25 heavy (non-hydrogen) atoms. The van der Waals surface area contributed by atoms with Crippen molar-refractivity contribution in [3.05, 3.63) is 54.1 Å². The maximum Gasteiger partial charge on any atom is 0.362 e. The van der Waals surface area contributed by atoms with E-state index in [1.54, 1.807) is 50.4 Å². The summed E-state index contributed by atoms with van der Waals surface area (Å²) in [6.45, 7) is 1.75. The number of sulfonamides is 1. The van der Waals surface area contributed by atoms with E-state index >= 15 is 0 Å². The van der Waals surface area contributed by atoms with Gasteiger partial charge in [0.05, 0.1) is 17.7 Å². The number of methoxy groups -OCH3 is 1. The minimum absolute atomic E-state index is 0.0257. The summed E-state index contributed by atoms with van der Waals surface area (Å²) in [6.07, 6.45) is 0. The van der Waals surface area contributed by atoms with Gasteiger partial charge < -0.3 is 4.74 Å². The highest BCUT2D eigenvalue weighted by molar-refractivity contribution is 7.92. The van der Waals surface area contributed by atoms with Gasteiger partial charge in [0.15, 0.2) is 0 Å². The van der Waals surface area contributed by atoms with Gasteiger partial charge in [-0.05, 0) is 48.9 Å². The van der Waals surface area contributed by atoms with Crippen molar-refractivity contribution < 1.29 is 18.3 Å². The average Bonchev–Trinajstić information content (AvgIpc) is 2.60. The normalized spacial score (nSPS) is 11.7. The standard InChI is InChI=1S/C16H19N5O3S/c1-11(19-20-16(17)18)12-3-9-15(10-4-12)25(22,23)21-13-5-7-14(24-2)8-6-13/h3-10,21H,1-2H3,(H4,17,18,20)/p+1/b19-11-. The quantitative estimate of drug-likeness (QED) is 0.314. The van der Waals surface area contributed by atoms with Crippen LogP contribution in [0.4, 0.5) is 5.69 Å². The lowest BCUT2D eigenvalue weighted by Crippen LogP contribution is -2.72. The van der Waals surface area contributed by atoms with E-state index in [2.05, 4.69) is 14.9 Å². The van der Waals surface area contributed by atoms with Crippen LogP contribution in [0.2, 0.25) is 0 Å². The molecule has 0 unspecified atom stereocenters. The van der Waals surface area contributed by atoms with Crippen LogP contribution in [-0.2, 0) is 10.0 Å². The Labute approximate surface area is 146 Å². The van der Waals surface area contributed by atoms with E-state index in [9.17, 15) is 8.42 Å². The first-order chi connectivity index (χ1) is 11.8. The van der Waals surface area contributed by atoms with Crippen LogP contribution in [0.1, 0.15) is 12.5 Å². The number of hydrogen-bond acceptors (Lipinski definition) is 4. The van der Waals surface area contributed by atoms with Gasteiger partial charge in [0.25, 0.3) is 10.0 Å². The van der Waals surface area contributed by atoms with Gasteiger partial charge in [-0.25, -0.2) is 8.42 Å². The Morgan fingerprint density at radius 3 is 2.20 bits per heavy atom. The topological polar surface area (TPSA) is 134 Å². The smallest absolute Gasteiger partial charge is 0.362 e. The Kier molecular flexibility index (Phi) is 5.60. The summed E-state index contributed by atoms with van der Waals surface area (Å²) < 4.78 is 32.4. The van der Waals surface area contributed by atoms with E-state index in [1.807, 2.05) is 0 Å². The van der Waals surface area contributed by atoms with Crippen molar-refractivity contribution in [2.24, 2.45) is 16.6 Å². The Hall–Kier alpha value is -3.07. The van der Waals surface area contributed by atoms with Crippen molar-refractivity contribution >= 4 is 27.4 Å². The van der Waals surface area contributed by atoms with Gasteiger partial charge in [0, 0.05) is 5.69 Å². The molecule has 0 aromatic heterocycles. The van der Waals surface area contributed by atoms with Gasteiger partial charge >= 0.3 is 5.96 Å². The highest BCUT2D eigenvalue weighted by Gasteiger charge is 2.14. The fourth-order valence-electron chi connectivity index (χ4n) is 1.96. The Balaban J connectivity index is 2.19. The molecule has 0 heterocycles. The van der Waals surface area contributed by atoms with Crippen molar-refractivity contribution in [2.75, 3.05) is 11.8 Å². The molecule has 0 aliphatic rings. The lowest BCUT2D eigenvalue weighted by Gasteiger charge is -2.09. The minimum Gasteiger partial charge on any atom is -0.497 e. The minimum atomic E-state index is -3.69. The van der Waals surface area contributed by atoms with Crippen molar-refractivity contribution in [3.63, 3.8) is 0 Å². The van der Waals surface area contributed by atoms with Crippen molar-refractivity contribution in [2.45, 2.75) is 11.8 Å². The zero-order valence-electron chi connectivity index (χ0n) is 13.9. The molecule has 0 spiro atoms. The predicted octanol–water partition coefficient (Wildman–Crippen LogP) is -0.426. The number of nitrogens with two attached hydrogens (primary N) is 2. The third-order valence-electron chi connectivity index (χ3n) is 3.28. The summed E-state index contributed by atoms with van der Waals surface area (Å²) in [5, 5.41) is 6.42. The van der Waals surface area contributed by atoms with E-state index in [-0.39, 0.29) is 10.9 Å². The highest BCUT2D eigenvalue weighted by atomic mass is 32.2. The number of nitrogens with zero attached hydrogens (tertiary/aromatic N) is 1. The molecule has 2 rings (SSSR count).